The number of carbonyl (C=O) groups is 2. The van der Waals surface area contributed by atoms with Gasteiger partial charge in [0.05, 0.1) is 16.8 Å². The average Bonchev–Trinajstić information content (AvgIpc) is 2.65. The minimum Gasteiger partial charge on any atom is -0.349 e. The van der Waals surface area contributed by atoms with Crippen LogP contribution in [0.4, 0.5) is 14.5 Å². The van der Waals surface area contributed by atoms with Crippen molar-refractivity contribution < 1.29 is 18.4 Å². The molecule has 2 N–H and O–H groups in total. The molecule has 0 unspecified atom stereocenters. The first-order valence-electron chi connectivity index (χ1n) is 8.55. The summed E-state index contributed by atoms with van der Waals surface area (Å²) in [5, 5.41) is 5.30. The van der Waals surface area contributed by atoms with E-state index in [0.717, 1.165) is 37.8 Å². The number of pyridine rings is 1. The summed E-state index contributed by atoms with van der Waals surface area (Å²) >= 11 is 0. The fraction of sp³-hybridized carbons (Fsp3) is 0.316. The summed E-state index contributed by atoms with van der Waals surface area (Å²) in [6, 6.07) is 4.41. The molecule has 2 amide bonds. The van der Waals surface area contributed by atoms with Crippen LogP contribution in [0.5, 0.6) is 0 Å². The Balaban J connectivity index is 1.69. The van der Waals surface area contributed by atoms with Crippen LogP contribution in [0.1, 0.15) is 52.8 Å². The molecule has 1 aliphatic rings. The number of carbonyl (C=O) groups excluding carboxylic acids is 2. The number of amides is 2. The summed E-state index contributed by atoms with van der Waals surface area (Å²) in [6.45, 7) is 0. The van der Waals surface area contributed by atoms with Gasteiger partial charge in [0.25, 0.3) is 11.8 Å². The summed E-state index contributed by atoms with van der Waals surface area (Å²) in [6.07, 6.45) is 7.93. The lowest BCUT2D eigenvalue weighted by molar-refractivity contribution is 0.0927. The first-order valence-corrected chi connectivity index (χ1v) is 8.55. The molecule has 1 heterocycles. The maximum atomic E-state index is 13.7. The zero-order valence-electron chi connectivity index (χ0n) is 14.1. The normalized spacial score (nSPS) is 14.7. The van der Waals surface area contributed by atoms with Gasteiger partial charge in [0.2, 0.25) is 0 Å². The molecule has 2 aromatic rings. The van der Waals surface area contributed by atoms with Gasteiger partial charge in [0.15, 0.2) is 0 Å². The molecule has 0 radical (unpaired) electrons. The smallest absolute Gasteiger partial charge is 0.257 e. The van der Waals surface area contributed by atoms with Crippen molar-refractivity contribution in [1.82, 2.24) is 10.3 Å². The molecule has 1 fully saturated rings. The number of halogens is 2. The summed E-state index contributed by atoms with van der Waals surface area (Å²) in [4.78, 5) is 28.5. The minimum atomic E-state index is -0.877. The monoisotopic (exact) mass is 359 g/mol. The van der Waals surface area contributed by atoms with Crippen LogP contribution in [-0.4, -0.2) is 22.8 Å². The number of hydrogen-bond acceptors (Lipinski definition) is 3. The van der Waals surface area contributed by atoms with E-state index in [4.69, 9.17) is 0 Å². The van der Waals surface area contributed by atoms with Crippen LogP contribution in [0.15, 0.2) is 36.7 Å². The lowest BCUT2D eigenvalue weighted by atomic mass is 9.95. The Morgan fingerprint density at radius 1 is 0.962 bits per heavy atom. The molecule has 5 nitrogen and oxygen atoms in total. The molecule has 0 bridgehead atoms. The van der Waals surface area contributed by atoms with Gasteiger partial charge >= 0.3 is 0 Å². The fourth-order valence-corrected chi connectivity index (χ4v) is 2.99. The number of aromatic nitrogens is 1. The Labute approximate surface area is 149 Å². The standard InChI is InChI=1S/C19H19F2N3O2/c20-14-6-7-17(16(21)9-14)24-19(26)13-8-12(10-22-11-13)18(25)23-15-4-2-1-3-5-15/h6-11,15H,1-5H2,(H,23,25)(H,24,26). The minimum absolute atomic E-state index is 0.116. The first kappa shape index (κ1) is 18.0. The van der Waals surface area contributed by atoms with E-state index in [1.54, 1.807) is 0 Å². The molecule has 3 rings (SSSR count). The highest BCUT2D eigenvalue weighted by atomic mass is 19.1. The summed E-state index contributed by atoms with van der Waals surface area (Å²) < 4.78 is 26.6. The van der Waals surface area contributed by atoms with Crippen LogP contribution in [0.2, 0.25) is 0 Å². The summed E-state index contributed by atoms with van der Waals surface area (Å²) in [5.74, 6) is -2.52. The SMILES string of the molecule is O=C(Nc1ccc(F)cc1F)c1cncc(C(=O)NC2CCCCC2)c1. The maximum absolute atomic E-state index is 13.7. The molecule has 1 aromatic heterocycles. The number of hydrogen-bond donors (Lipinski definition) is 2. The van der Waals surface area contributed by atoms with E-state index >= 15 is 0 Å². The zero-order valence-corrected chi connectivity index (χ0v) is 14.1. The second kappa shape index (κ2) is 8.03. The number of benzene rings is 1. The van der Waals surface area contributed by atoms with Crippen LogP contribution in [0.25, 0.3) is 0 Å². The Hall–Kier alpha value is -2.83. The van der Waals surface area contributed by atoms with E-state index in [9.17, 15) is 18.4 Å². The average molecular weight is 359 g/mol. The molecular formula is C19H19F2N3O2. The molecule has 7 heteroatoms. The Morgan fingerprint density at radius 3 is 2.35 bits per heavy atom. The molecule has 0 spiro atoms. The van der Waals surface area contributed by atoms with Crippen molar-refractivity contribution in [3.8, 4) is 0 Å². The fourth-order valence-electron chi connectivity index (χ4n) is 2.99. The molecular weight excluding hydrogens is 340 g/mol. The zero-order chi connectivity index (χ0) is 18.5. The van der Waals surface area contributed by atoms with Gasteiger partial charge in [-0.2, -0.15) is 0 Å². The van der Waals surface area contributed by atoms with Crippen LogP contribution < -0.4 is 10.6 Å². The number of nitrogens with zero attached hydrogens (tertiary/aromatic N) is 1. The van der Waals surface area contributed by atoms with Crippen molar-refractivity contribution in [2.75, 3.05) is 5.32 Å². The van der Waals surface area contributed by atoms with Gasteiger partial charge < -0.3 is 10.6 Å². The Morgan fingerprint density at radius 2 is 1.65 bits per heavy atom. The third-order valence-corrected chi connectivity index (χ3v) is 4.38. The van der Waals surface area contributed by atoms with Gasteiger partial charge in [-0.3, -0.25) is 14.6 Å². The van der Waals surface area contributed by atoms with Crippen molar-refractivity contribution in [1.29, 1.82) is 0 Å². The van der Waals surface area contributed by atoms with Gasteiger partial charge in [-0.1, -0.05) is 19.3 Å². The predicted octanol–water partition coefficient (Wildman–Crippen LogP) is 3.67. The predicted molar refractivity (Wildman–Crippen MR) is 92.9 cm³/mol. The number of anilines is 1. The lowest BCUT2D eigenvalue weighted by Gasteiger charge is -2.22. The van der Waals surface area contributed by atoms with Crippen molar-refractivity contribution in [3.63, 3.8) is 0 Å². The van der Waals surface area contributed by atoms with Crippen molar-refractivity contribution in [3.05, 3.63) is 59.4 Å². The van der Waals surface area contributed by atoms with Gasteiger partial charge in [0.1, 0.15) is 11.6 Å². The second-order valence-electron chi connectivity index (χ2n) is 6.35. The Bertz CT molecular complexity index is 820. The molecule has 0 aliphatic heterocycles. The van der Waals surface area contributed by atoms with Gasteiger partial charge in [0, 0.05) is 24.5 Å². The van der Waals surface area contributed by atoms with E-state index in [1.807, 2.05) is 0 Å². The van der Waals surface area contributed by atoms with E-state index in [2.05, 4.69) is 15.6 Å². The molecule has 136 valence electrons. The van der Waals surface area contributed by atoms with Gasteiger partial charge in [-0.15, -0.1) is 0 Å². The van der Waals surface area contributed by atoms with E-state index in [1.165, 1.54) is 24.9 Å². The van der Waals surface area contributed by atoms with E-state index in [0.29, 0.717) is 6.07 Å². The molecule has 26 heavy (non-hydrogen) atoms. The molecule has 0 saturated heterocycles. The highest BCUT2D eigenvalue weighted by Gasteiger charge is 2.18. The largest absolute Gasteiger partial charge is 0.349 e. The van der Waals surface area contributed by atoms with Crippen molar-refractivity contribution in [2.45, 2.75) is 38.1 Å². The van der Waals surface area contributed by atoms with Crippen LogP contribution in [0, 0.1) is 11.6 Å². The van der Waals surface area contributed by atoms with Crippen LogP contribution in [-0.2, 0) is 0 Å². The highest BCUT2D eigenvalue weighted by Crippen LogP contribution is 2.18. The van der Waals surface area contributed by atoms with Gasteiger partial charge in [-0.25, -0.2) is 8.78 Å². The van der Waals surface area contributed by atoms with Crippen LogP contribution in [0.3, 0.4) is 0 Å². The lowest BCUT2D eigenvalue weighted by Crippen LogP contribution is -2.36. The maximum Gasteiger partial charge on any atom is 0.257 e. The van der Waals surface area contributed by atoms with Crippen LogP contribution >= 0.6 is 0 Å². The highest BCUT2D eigenvalue weighted by molar-refractivity contribution is 6.05. The van der Waals surface area contributed by atoms with Crippen molar-refractivity contribution >= 4 is 17.5 Å². The first-order chi connectivity index (χ1) is 12.5. The number of rotatable bonds is 4. The topological polar surface area (TPSA) is 71.1 Å². The molecule has 0 atom stereocenters. The van der Waals surface area contributed by atoms with Gasteiger partial charge in [-0.05, 0) is 31.0 Å². The molecule has 1 aliphatic carbocycles. The summed E-state index contributed by atoms with van der Waals surface area (Å²) in [7, 11) is 0. The molecule has 1 saturated carbocycles. The second-order valence-corrected chi connectivity index (χ2v) is 6.35. The van der Waals surface area contributed by atoms with E-state index in [-0.39, 0.29) is 28.8 Å². The summed E-state index contributed by atoms with van der Waals surface area (Å²) in [5.41, 5.74) is 0.237. The third-order valence-electron chi connectivity index (χ3n) is 4.38. The Kier molecular flexibility index (Phi) is 5.55. The quantitative estimate of drug-likeness (QED) is 0.875. The third kappa shape index (κ3) is 4.41. The van der Waals surface area contributed by atoms with E-state index < -0.39 is 17.5 Å². The molecule has 1 aromatic carbocycles. The number of nitrogens with one attached hydrogen (secondary N) is 2. The van der Waals surface area contributed by atoms with Crippen molar-refractivity contribution in [2.24, 2.45) is 0 Å².